The molecule has 28 nitrogen and oxygen atoms in total. The van der Waals surface area contributed by atoms with Crippen molar-refractivity contribution >= 4 is 0 Å². The highest BCUT2D eigenvalue weighted by molar-refractivity contribution is 4.50. The second kappa shape index (κ2) is 95.2. The second-order valence-corrected chi connectivity index (χ2v) is 15.7. The molecule has 75 heavy (non-hydrogen) atoms. The summed E-state index contributed by atoms with van der Waals surface area (Å²) in [4.78, 5) is 0. The largest absolute Gasteiger partial charge is 0.394 e. The van der Waals surface area contributed by atoms with Crippen molar-refractivity contribution in [3.05, 3.63) is 0 Å². The predicted octanol–water partition coefficient (Wildman–Crippen LogP) is -7.73. The van der Waals surface area contributed by atoms with Crippen LogP contribution >= 0.6 is 0 Å². The average molecular weight is 1130 g/mol. The number of ether oxygens (including phenoxy) is 1. The summed E-state index contributed by atoms with van der Waals surface area (Å²) in [5.74, 6) is 0. The van der Waals surface area contributed by atoms with E-state index >= 15 is 0 Å². The Bertz CT molecular complexity index is 643. The van der Waals surface area contributed by atoms with Crippen LogP contribution in [-0.4, -0.2) is 325 Å². The van der Waals surface area contributed by atoms with Gasteiger partial charge in [0.05, 0.1) is 119 Å². The standard InChI is InChI=1S/C20H42O.9C3H8O3/c1-3-5-7-9-11-13-15-17-19-21-20-18-16-14-12-10-8-6-4-2;9*4-1-3(6)2-5/h3-20H2,1-2H3;9*3-6H,1-2H2. The van der Waals surface area contributed by atoms with Crippen molar-refractivity contribution in [3.8, 4) is 0 Å². The number of aliphatic hydroxyl groups excluding tert-OH is 27. The number of hydrogen-bond acceptors (Lipinski definition) is 28. The van der Waals surface area contributed by atoms with E-state index in [2.05, 4.69) is 13.8 Å². The van der Waals surface area contributed by atoms with Gasteiger partial charge in [-0.05, 0) is 12.8 Å². The van der Waals surface area contributed by atoms with Gasteiger partial charge in [0.2, 0.25) is 0 Å². The number of hydrogen-bond donors (Lipinski definition) is 27. The third-order valence-electron chi connectivity index (χ3n) is 8.08. The Balaban J connectivity index is -0.0000000831. The van der Waals surface area contributed by atoms with Gasteiger partial charge in [0, 0.05) is 13.2 Å². The van der Waals surface area contributed by atoms with Crippen LogP contribution in [0.1, 0.15) is 117 Å². The fourth-order valence-corrected chi connectivity index (χ4v) is 3.30. The third kappa shape index (κ3) is 131. The zero-order chi connectivity index (χ0) is 60.4. The summed E-state index contributed by atoms with van der Waals surface area (Å²) in [6, 6.07) is 0. The van der Waals surface area contributed by atoms with Gasteiger partial charge < -0.3 is 143 Å². The fraction of sp³-hybridized carbons (Fsp3) is 1.00. The highest BCUT2D eigenvalue weighted by Gasteiger charge is 1.99. The van der Waals surface area contributed by atoms with E-state index in [0.29, 0.717) is 0 Å². The molecule has 0 atom stereocenters. The molecule has 0 aliphatic rings. The lowest BCUT2D eigenvalue weighted by molar-refractivity contribution is 0.0450. The normalized spacial score (nSPS) is 10.3. The first kappa shape index (κ1) is 96.2. The van der Waals surface area contributed by atoms with E-state index in [1.54, 1.807) is 0 Å². The minimum absolute atomic E-state index is 0.365. The van der Waals surface area contributed by atoms with Gasteiger partial charge in [-0.1, -0.05) is 104 Å². The predicted molar refractivity (Wildman–Crippen MR) is 278 cm³/mol. The maximum Gasteiger partial charge on any atom is 0.100 e. The van der Waals surface area contributed by atoms with E-state index in [4.69, 9.17) is 143 Å². The number of aliphatic hydroxyl groups is 27. The average Bonchev–Trinajstić information content (AvgIpc) is 3.46. The summed E-state index contributed by atoms with van der Waals surface area (Å²) in [7, 11) is 0. The highest BCUT2D eigenvalue weighted by Crippen LogP contribution is 2.10. The van der Waals surface area contributed by atoms with Crippen LogP contribution < -0.4 is 0 Å². The Morgan fingerprint density at radius 2 is 0.293 bits per heavy atom. The van der Waals surface area contributed by atoms with Gasteiger partial charge in [-0.25, -0.2) is 0 Å². The zero-order valence-corrected chi connectivity index (χ0v) is 45.1. The molecule has 0 saturated carbocycles. The van der Waals surface area contributed by atoms with Crippen molar-refractivity contribution in [2.75, 3.05) is 132 Å². The smallest absolute Gasteiger partial charge is 0.100 e. The van der Waals surface area contributed by atoms with Crippen molar-refractivity contribution in [2.24, 2.45) is 0 Å². The van der Waals surface area contributed by atoms with Crippen molar-refractivity contribution in [3.63, 3.8) is 0 Å². The van der Waals surface area contributed by atoms with Crippen LogP contribution in [0.4, 0.5) is 0 Å². The minimum atomic E-state index is -0.954. The first-order valence-corrected chi connectivity index (χ1v) is 25.4. The van der Waals surface area contributed by atoms with E-state index in [1.807, 2.05) is 0 Å². The Labute approximate surface area is 445 Å². The molecule has 0 aliphatic carbocycles. The van der Waals surface area contributed by atoms with Crippen LogP contribution in [0.15, 0.2) is 0 Å². The zero-order valence-electron chi connectivity index (χ0n) is 45.1. The molecule has 0 fully saturated rings. The maximum atomic E-state index is 8.17. The lowest BCUT2D eigenvalue weighted by Gasteiger charge is -2.05. The monoisotopic (exact) mass is 1130 g/mol. The topological polar surface area (TPSA) is 555 Å². The summed E-state index contributed by atoms with van der Waals surface area (Å²) in [5, 5.41) is 216. The molecule has 0 aliphatic heterocycles. The molecule has 0 aromatic rings. The number of unbranched alkanes of at least 4 members (excludes halogenated alkanes) is 14. The Morgan fingerprint density at radius 1 is 0.187 bits per heavy atom. The Morgan fingerprint density at radius 3 is 0.387 bits per heavy atom. The summed E-state index contributed by atoms with van der Waals surface area (Å²) >= 11 is 0. The molecule has 0 heterocycles. The summed E-state index contributed by atoms with van der Waals surface area (Å²) in [5.41, 5.74) is 0. The van der Waals surface area contributed by atoms with E-state index in [9.17, 15) is 0 Å². The molecular weight excluding hydrogens is 1010 g/mol. The number of rotatable bonds is 36. The van der Waals surface area contributed by atoms with Crippen molar-refractivity contribution in [1.29, 1.82) is 0 Å². The van der Waals surface area contributed by atoms with Crippen molar-refractivity contribution in [1.82, 2.24) is 0 Å². The maximum absolute atomic E-state index is 8.17. The molecule has 0 radical (unpaired) electrons. The summed E-state index contributed by atoms with van der Waals surface area (Å²) in [6.45, 7) is -0.0163. The van der Waals surface area contributed by atoms with Crippen LogP contribution in [-0.2, 0) is 4.74 Å². The molecule has 0 bridgehead atoms. The molecule has 0 unspecified atom stereocenters. The van der Waals surface area contributed by atoms with Gasteiger partial charge >= 0.3 is 0 Å². The van der Waals surface area contributed by atoms with Crippen LogP contribution in [0.3, 0.4) is 0 Å². The molecule has 0 spiro atoms. The first-order chi connectivity index (χ1) is 35.7. The van der Waals surface area contributed by atoms with Crippen LogP contribution in [0.25, 0.3) is 0 Å². The second-order valence-electron chi connectivity index (χ2n) is 15.7. The molecule has 0 aromatic heterocycles. The molecular formula is C47H114O28. The van der Waals surface area contributed by atoms with E-state index < -0.39 is 54.9 Å². The SMILES string of the molecule is CCCCCCCCCCOCCCCCCCCCC.OCC(O)CO.OCC(O)CO.OCC(O)CO.OCC(O)CO.OCC(O)CO.OCC(O)CO.OCC(O)CO.OCC(O)CO.OCC(O)CO. The highest BCUT2D eigenvalue weighted by atomic mass is 16.5. The van der Waals surface area contributed by atoms with Gasteiger partial charge in [0.25, 0.3) is 0 Å². The minimum Gasteiger partial charge on any atom is -0.394 e. The van der Waals surface area contributed by atoms with Gasteiger partial charge in [0.1, 0.15) is 54.9 Å². The van der Waals surface area contributed by atoms with Gasteiger partial charge in [-0.3, -0.25) is 0 Å². The Kier molecular flexibility index (Phi) is 122. The van der Waals surface area contributed by atoms with E-state index in [-0.39, 0.29) is 119 Å². The fourth-order valence-electron chi connectivity index (χ4n) is 3.30. The van der Waals surface area contributed by atoms with Crippen LogP contribution in [0.2, 0.25) is 0 Å². The molecule has 0 amide bonds. The van der Waals surface area contributed by atoms with Gasteiger partial charge in [0.15, 0.2) is 0 Å². The molecule has 0 saturated heterocycles. The quantitative estimate of drug-likeness (QED) is 0.0259. The molecule has 470 valence electrons. The third-order valence-corrected chi connectivity index (χ3v) is 8.08. The van der Waals surface area contributed by atoms with Crippen molar-refractivity contribution < 1.29 is 143 Å². The lowest BCUT2D eigenvalue weighted by Crippen LogP contribution is -2.15. The molecule has 27 N–H and O–H groups in total. The van der Waals surface area contributed by atoms with Gasteiger partial charge in [-0.2, -0.15) is 0 Å². The van der Waals surface area contributed by atoms with Crippen molar-refractivity contribution in [2.45, 2.75) is 172 Å². The van der Waals surface area contributed by atoms with Crippen LogP contribution in [0, 0.1) is 0 Å². The summed E-state index contributed by atoms with van der Waals surface area (Å²) < 4.78 is 5.72. The van der Waals surface area contributed by atoms with E-state index in [1.165, 1.54) is 103 Å². The van der Waals surface area contributed by atoms with Gasteiger partial charge in [-0.15, -0.1) is 0 Å². The Hall–Kier alpha value is -1.12. The molecule has 28 heteroatoms. The lowest BCUT2D eigenvalue weighted by atomic mass is 10.1. The molecule has 0 aromatic carbocycles. The first-order valence-electron chi connectivity index (χ1n) is 25.4. The van der Waals surface area contributed by atoms with E-state index in [0.717, 1.165) is 13.2 Å². The molecule has 0 rings (SSSR count). The van der Waals surface area contributed by atoms with Crippen LogP contribution in [0.5, 0.6) is 0 Å². The summed E-state index contributed by atoms with van der Waals surface area (Å²) in [6.07, 6.45) is 13.6.